The van der Waals surface area contributed by atoms with Gasteiger partial charge in [-0.1, -0.05) is 54.5 Å². The van der Waals surface area contributed by atoms with E-state index in [0.717, 1.165) is 30.7 Å². The molecule has 0 N–H and O–H groups in total. The van der Waals surface area contributed by atoms with E-state index >= 15 is 0 Å². The Labute approximate surface area is 179 Å². The van der Waals surface area contributed by atoms with E-state index in [0.29, 0.717) is 0 Å². The molecule has 1 aromatic carbocycles. The van der Waals surface area contributed by atoms with Crippen molar-refractivity contribution in [2.45, 2.75) is 52.5 Å². The van der Waals surface area contributed by atoms with Crippen molar-refractivity contribution < 1.29 is 0 Å². The fourth-order valence-corrected chi connectivity index (χ4v) is 4.77. The third-order valence-electron chi connectivity index (χ3n) is 6.52. The Bertz CT molecular complexity index is 1110. The van der Waals surface area contributed by atoms with Crippen molar-refractivity contribution in [3.63, 3.8) is 0 Å². The van der Waals surface area contributed by atoms with Crippen molar-refractivity contribution in [3.05, 3.63) is 77.1 Å². The molecule has 3 aromatic rings. The SMILES string of the molecule is Cc1ccc(-c2nc3cc(C)c(C4=CCCC=C4)cn3c2CN2CCCCC2)cc1. The molecule has 2 aromatic heterocycles. The van der Waals surface area contributed by atoms with E-state index in [1.165, 1.54) is 65.9 Å². The molecule has 30 heavy (non-hydrogen) atoms. The molecule has 1 aliphatic carbocycles. The largest absolute Gasteiger partial charge is 0.301 e. The van der Waals surface area contributed by atoms with Crippen molar-refractivity contribution in [3.8, 4) is 11.3 Å². The summed E-state index contributed by atoms with van der Waals surface area (Å²) in [6.07, 6.45) is 15.5. The molecule has 0 amide bonds. The minimum Gasteiger partial charge on any atom is -0.301 e. The number of hydrogen-bond donors (Lipinski definition) is 0. The molecule has 0 saturated carbocycles. The van der Waals surface area contributed by atoms with Crippen LogP contribution in [0.2, 0.25) is 0 Å². The van der Waals surface area contributed by atoms with Crippen LogP contribution in [0, 0.1) is 13.8 Å². The molecule has 3 heterocycles. The summed E-state index contributed by atoms with van der Waals surface area (Å²) in [6.45, 7) is 7.69. The Balaban J connectivity index is 1.65. The highest BCUT2D eigenvalue weighted by molar-refractivity contribution is 5.78. The van der Waals surface area contributed by atoms with Crippen LogP contribution in [0.1, 0.15) is 54.5 Å². The molecule has 0 bridgehead atoms. The van der Waals surface area contributed by atoms with Crippen LogP contribution in [-0.4, -0.2) is 27.4 Å². The van der Waals surface area contributed by atoms with Gasteiger partial charge in [-0.05, 0) is 69.8 Å². The van der Waals surface area contributed by atoms with E-state index in [4.69, 9.17) is 4.98 Å². The van der Waals surface area contributed by atoms with Gasteiger partial charge in [-0.3, -0.25) is 4.90 Å². The Morgan fingerprint density at radius 2 is 1.77 bits per heavy atom. The number of allylic oxidation sites excluding steroid dienone is 4. The molecule has 0 spiro atoms. The maximum Gasteiger partial charge on any atom is 0.138 e. The van der Waals surface area contributed by atoms with E-state index < -0.39 is 0 Å². The molecule has 3 heteroatoms. The zero-order chi connectivity index (χ0) is 20.5. The highest BCUT2D eigenvalue weighted by atomic mass is 15.2. The summed E-state index contributed by atoms with van der Waals surface area (Å²) in [4.78, 5) is 7.73. The summed E-state index contributed by atoms with van der Waals surface area (Å²) in [5, 5.41) is 0. The van der Waals surface area contributed by atoms with Crippen LogP contribution in [0.25, 0.3) is 22.5 Å². The average Bonchev–Trinajstić information content (AvgIpc) is 3.12. The number of benzene rings is 1. The van der Waals surface area contributed by atoms with Gasteiger partial charge >= 0.3 is 0 Å². The lowest BCUT2D eigenvalue weighted by atomic mass is 9.97. The zero-order valence-corrected chi connectivity index (χ0v) is 18.2. The van der Waals surface area contributed by atoms with Crippen molar-refractivity contribution in [1.82, 2.24) is 14.3 Å². The molecule has 154 valence electrons. The van der Waals surface area contributed by atoms with E-state index in [-0.39, 0.29) is 0 Å². The summed E-state index contributed by atoms with van der Waals surface area (Å²) in [6, 6.07) is 11.1. The van der Waals surface area contributed by atoms with E-state index in [1.807, 2.05) is 0 Å². The number of aryl methyl sites for hydroxylation is 2. The quantitative estimate of drug-likeness (QED) is 0.512. The van der Waals surface area contributed by atoms with Gasteiger partial charge in [-0.15, -0.1) is 0 Å². The molecule has 0 atom stereocenters. The van der Waals surface area contributed by atoms with Gasteiger partial charge in [-0.2, -0.15) is 0 Å². The zero-order valence-electron chi connectivity index (χ0n) is 18.2. The maximum atomic E-state index is 5.12. The summed E-state index contributed by atoms with van der Waals surface area (Å²) in [7, 11) is 0. The summed E-state index contributed by atoms with van der Waals surface area (Å²) < 4.78 is 2.36. The minimum atomic E-state index is 0.960. The molecule has 1 fully saturated rings. The number of piperidine rings is 1. The Morgan fingerprint density at radius 3 is 2.50 bits per heavy atom. The summed E-state index contributed by atoms with van der Waals surface area (Å²) in [5.41, 5.74) is 9.97. The molecule has 3 nitrogen and oxygen atoms in total. The Morgan fingerprint density at radius 1 is 0.967 bits per heavy atom. The van der Waals surface area contributed by atoms with Crippen molar-refractivity contribution in [2.24, 2.45) is 0 Å². The monoisotopic (exact) mass is 397 g/mol. The number of likely N-dealkylation sites (tertiary alicyclic amines) is 1. The van der Waals surface area contributed by atoms with Crippen LogP contribution in [0.4, 0.5) is 0 Å². The molecule has 1 saturated heterocycles. The number of imidazole rings is 1. The third-order valence-corrected chi connectivity index (χ3v) is 6.52. The first-order valence-corrected chi connectivity index (χ1v) is 11.4. The molecule has 0 unspecified atom stereocenters. The highest BCUT2D eigenvalue weighted by Crippen LogP contribution is 2.31. The molecule has 2 aliphatic rings. The minimum absolute atomic E-state index is 0.960. The first-order valence-electron chi connectivity index (χ1n) is 11.4. The number of nitrogens with zero attached hydrogens (tertiary/aromatic N) is 3. The van der Waals surface area contributed by atoms with Crippen molar-refractivity contribution in [2.75, 3.05) is 13.1 Å². The van der Waals surface area contributed by atoms with Crippen LogP contribution in [0.5, 0.6) is 0 Å². The van der Waals surface area contributed by atoms with E-state index in [2.05, 4.69) is 77.9 Å². The van der Waals surface area contributed by atoms with E-state index in [9.17, 15) is 0 Å². The lowest BCUT2D eigenvalue weighted by molar-refractivity contribution is 0.218. The fraction of sp³-hybridized carbons (Fsp3) is 0.370. The van der Waals surface area contributed by atoms with Gasteiger partial charge in [0.1, 0.15) is 5.65 Å². The van der Waals surface area contributed by atoms with Crippen LogP contribution >= 0.6 is 0 Å². The van der Waals surface area contributed by atoms with Gasteiger partial charge in [0.25, 0.3) is 0 Å². The predicted molar refractivity (Wildman–Crippen MR) is 126 cm³/mol. The van der Waals surface area contributed by atoms with Gasteiger partial charge in [0.2, 0.25) is 0 Å². The number of pyridine rings is 1. The van der Waals surface area contributed by atoms with Gasteiger partial charge < -0.3 is 4.40 Å². The van der Waals surface area contributed by atoms with Crippen LogP contribution in [-0.2, 0) is 6.54 Å². The molecule has 5 rings (SSSR count). The average molecular weight is 398 g/mol. The fourth-order valence-electron chi connectivity index (χ4n) is 4.77. The lowest BCUT2D eigenvalue weighted by Gasteiger charge is -2.26. The van der Waals surface area contributed by atoms with Crippen LogP contribution in [0.3, 0.4) is 0 Å². The third kappa shape index (κ3) is 3.75. The van der Waals surface area contributed by atoms with Gasteiger partial charge in [0.15, 0.2) is 0 Å². The van der Waals surface area contributed by atoms with Gasteiger partial charge in [-0.25, -0.2) is 4.98 Å². The predicted octanol–water partition coefficient (Wildman–Crippen LogP) is 6.34. The molecular formula is C27H31N3. The first kappa shape index (κ1) is 19.3. The summed E-state index contributed by atoms with van der Waals surface area (Å²) >= 11 is 0. The highest BCUT2D eigenvalue weighted by Gasteiger charge is 2.20. The van der Waals surface area contributed by atoms with Crippen molar-refractivity contribution in [1.29, 1.82) is 0 Å². The second kappa shape index (κ2) is 8.23. The Kier molecular flexibility index (Phi) is 5.30. The molecule has 0 radical (unpaired) electrons. The number of rotatable bonds is 4. The van der Waals surface area contributed by atoms with Gasteiger partial charge in [0, 0.05) is 23.9 Å². The van der Waals surface area contributed by atoms with E-state index in [1.54, 1.807) is 0 Å². The second-order valence-electron chi connectivity index (χ2n) is 8.85. The topological polar surface area (TPSA) is 20.5 Å². The number of fused-ring (bicyclic) bond motifs is 1. The number of hydrogen-bond acceptors (Lipinski definition) is 2. The second-order valence-corrected chi connectivity index (χ2v) is 8.85. The Hall–Kier alpha value is -2.65. The van der Waals surface area contributed by atoms with Crippen LogP contribution < -0.4 is 0 Å². The summed E-state index contributed by atoms with van der Waals surface area (Å²) in [5.74, 6) is 0. The normalized spacial score (nSPS) is 17.5. The smallest absolute Gasteiger partial charge is 0.138 e. The molecule has 1 aliphatic heterocycles. The van der Waals surface area contributed by atoms with Crippen LogP contribution in [0.15, 0.2) is 54.8 Å². The maximum absolute atomic E-state index is 5.12. The molecular weight excluding hydrogens is 366 g/mol. The number of aromatic nitrogens is 2. The standard InChI is InChI=1S/C27H31N3/c1-20-11-13-23(14-12-20)27-25(19-29-15-7-4-8-16-29)30-18-24(21(2)17-26(30)28-27)22-9-5-3-6-10-22/h5,9-14,17-18H,3-4,6-8,15-16,19H2,1-2H3. The van der Waals surface area contributed by atoms with Crippen molar-refractivity contribution >= 4 is 11.2 Å². The first-order chi connectivity index (χ1) is 14.7. The van der Waals surface area contributed by atoms with Gasteiger partial charge in [0.05, 0.1) is 11.4 Å². The lowest BCUT2D eigenvalue weighted by Crippen LogP contribution is -2.29.